The van der Waals surface area contributed by atoms with E-state index in [1.165, 1.54) is 0 Å². The third kappa shape index (κ3) is 5.23. The van der Waals surface area contributed by atoms with Crippen LogP contribution in [0.5, 0.6) is 0 Å². The van der Waals surface area contributed by atoms with E-state index in [1.54, 1.807) is 0 Å². The molecule has 1 N–H and O–H groups in total. The Balaban J connectivity index is 1.87. The number of carbonyl (C=O) groups excluding carboxylic acids is 1. The largest absolute Gasteiger partial charge is 0.460 e. The second-order valence-electron chi connectivity index (χ2n) is 7.22. The van der Waals surface area contributed by atoms with Gasteiger partial charge in [-0.1, -0.05) is 80.6 Å². The first-order valence-electron chi connectivity index (χ1n) is 9.70. The molecule has 0 aliphatic heterocycles. The van der Waals surface area contributed by atoms with Crippen molar-refractivity contribution in [2.45, 2.75) is 26.5 Å². The molecule has 0 heterocycles. The summed E-state index contributed by atoms with van der Waals surface area (Å²) < 4.78 is 19.7. The second-order valence-corrected chi connectivity index (χ2v) is 9.73. The van der Waals surface area contributed by atoms with Gasteiger partial charge in [0.05, 0.1) is 0 Å². The smallest absolute Gasteiger partial charge is 0.324 e. The normalized spacial score (nSPS) is 12.5. The van der Waals surface area contributed by atoms with Crippen LogP contribution in [0.15, 0.2) is 91.0 Å². The Kier molecular flexibility index (Phi) is 7.03. The maximum atomic E-state index is 14.2. The second kappa shape index (κ2) is 9.69. The van der Waals surface area contributed by atoms with E-state index in [2.05, 4.69) is 5.09 Å². The van der Waals surface area contributed by atoms with Gasteiger partial charge in [0.2, 0.25) is 7.29 Å². The zero-order chi connectivity index (χ0) is 20.7. The summed E-state index contributed by atoms with van der Waals surface area (Å²) in [7, 11) is -3.23. The molecule has 1 atom stereocenters. The van der Waals surface area contributed by atoms with Crippen LogP contribution in [0.2, 0.25) is 0 Å². The van der Waals surface area contributed by atoms with Crippen molar-refractivity contribution in [2.75, 3.05) is 0 Å². The predicted molar refractivity (Wildman–Crippen MR) is 118 cm³/mol. The Morgan fingerprint density at radius 3 is 1.72 bits per heavy atom. The van der Waals surface area contributed by atoms with Crippen molar-refractivity contribution in [1.29, 1.82) is 0 Å². The van der Waals surface area contributed by atoms with Crippen LogP contribution < -0.4 is 15.7 Å². The Morgan fingerprint density at radius 2 is 1.28 bits per heavy atom. The molecule has 4 nitrogen and oxygen atoms in total. The van der Waals surface area contributed by atoms with E-state index >= 15 is 0 Å². The van der Waals surface area contributed by atoms with E-state index in [0.717, 1.165) is 5.56 Å². The van der Waals surface area contributed by atoms with Crippen LogP contribution in [0.1, 0.15) is 19.4 Å². The van der Waals surface area contributed by atoms with Gasteiger partial charge in [-0.25, -0.2) is 5.09 Å². The minimum Gasteiger partial charge on any atom is -0.460 e. The highest BCUT2D eigenvalue weighted by atomic mass is 31.2. The number of rotatable bonds is 8. The van der Waals surface area contributed by atoms with Gasteiger partial charge < -0.3 is 4.74 Å². The molecule has 3 aromatic rings. The molecule has 0 amide bonds. The monoisotopic (exact) mass is 407 g/mol. The van der Waals surface area contributed by atoms with Crippen LogP contribution in [0.25, 0.3) is 0 Å². The molecule has 0 aliphatic rings. The summed E-state index contributed by atoms with van der Waals surface area (Å²) in [5.74, 6) is -0.505. The van der Waals surface area contributed by atoms with Gasteiger partial charge in [-0.3, -0.25) is 9.36 Å². The maximum absolute atomic E-state index is 14.2. The van der Waals surface area contributed by atoms with Crippen molar-refractivity contribution < 1.29 is 14.1 Å². The van der Waals surface area contributed by atoms with Crippen molar-refractivity contribution >= 4 is 23.9 Å². The lowest BCUT2D eigenvalue weighted by molar-refractivity contribution is -0.148. The van der Waals surface area contributed by atoms with Crippen molar-refractivity contribution in [3.8, 4) is 0 Å². The average Bonchev–Trinajstić information content (AvgIpc) is 2.77. The fourth-order valence-corrected chi connectivity index (χ4v) is 5.64. The summed E-state index contributed by atoms with van der Waals surface area (Å²) in [6.45, 7) is 4.02. The molecular weight excluding hydrogens is 381 g/mol. The van der Waals surface area contributed by atoms with Crippen LogP contribution in [0.3, 0.4) is 0 Å². The van der Waals surface area contributed by atoms with Crippen LogP contribution >= 0.6 is 7.29 Å². The van der Waals surface area contributed by atoms with Gasteiger partial charge in [-0.15, -0.1) is 0 Å². The highest BCUT2D eigenvalue weighted by Crippen LogP contribution is 2.40. The highest BCUT2D eigenvalue weighted by Gasteiger charge is 2.35. The molecule has 0 spiro atoms. The molecule has 5 heteroatoms. The van der Waals surface area contributed by atoms with Gasteiger partial charge in [0.15, 0.2) is 0 Å². The lowest BCUT2D eigenvalue weighted by Gasteiger charge is -2.28. The lowest BCUT2D eigenvalue weighted by atomic mass is 10.1. The Hall–Kier alpha value is -2.68. The third-order valence-corrected chi connectivity index (χ3v) is 7.40. The summed E-state index contributed by atoms with van der Waals surface area (Å²) in [5, 5.41) is 4.50. The SMILES string of the molecule is CC(C)[C@H](NP(=O)(c1ccccc1)c1ccccc1)C(=O)OCc1ccccc1. The first-order chi connectivity index (χ1) is 14.0. The Morgan fingerprint density at radius 1 is 0.828 bits per heavy atom. The number of hydrogen-bond donors (Lipinski definition) is 1. The minimum absolute atomic E-state index is 0.0981. The highest BCUT2D eigenvalue weighted by molar-refractivity contribution is 7.77. The van der Waals surface area contributed by atoms with Gasteiger partial charge in [0.25, 0.3) is 0 Å². The first kappa shape index (κ1) is 21.0. The van der Waals surface area contributed by atoms with Gasteiger partial charge in [-0.05, 0) is 35.7 Å². The zero-order valence-electron chi connectivity index (χ0n) is 16.7. The topological polar surface area (TPSA) is 55.4 Å². The van der Waals surface area contributed by atoms with Crippen LogP contribution in [-0.4, -0.2) is 12.0 Å². The molecule has 3 rings (SSSR count). The molecule has 0 unspecified atom stereocenters. The Bertz CT molecular complexity index is 916. The molecule has 0 saturated heterocycles. The predicted octanol–water partition coefficient (Wildman–Crippen LogP) is 4.27. The fourth-order valence-electron chi connectivity index (χ4n) is 3.06. The minimum atomic E-state index is -3.23. The summed E-state index contributed by atoms with van der Waals surface area (Å²) in [6.07, 6.45) is 0. The molecule has 3 aromatic carbocycles. The van der Waals surface area contributed by atoms with E-state index < -0.39 is 19.3 Å². The van der Waals surface area contributed by atoms with Crippen LogP contribution in [0.4, 0.5) is 0 Å². The van der Waals surface area contributed by atoms with Gasteiger partial charge in [0, 0.05) is 10.6 Å². The van der Waals surface area contributed by atoms with Crippen molar-refractivity contribution in [1.82, 2.24) is 5.09 Å². The van der Waals surface area contributed by atoms with Gasteiger partial charge in [-0.2, -0.15) is 0 Å². The molecule has 0 aliphatic carbocycles. The van der Waals surface area contributed by atoms with Gasteiger partial charge in [0.1, 0.15) is 12.6 Å². The number of esters is 1. The fraction of sp³-hybridized carbons (Fsp3) is 0.208. The van der Waals surface area contributed by atoms with E-state index in [0.29, 0.717) is 10.6 Å². The lowest BCUT2D eigenvalue weighted by Crippen LogP contribution is -2.44. The average molecular weight is 407 g/mol. The maximum Gasteiger partial charge on any atom is 0.324 e. The summed E-state index contributed by atoms with van der Waals surface area (Å²) >= 11 is 0. The van der Waals surface area contributed by atoms with Gasteiger partial charge >= 0.3 is 5.97 Å². The number of benzene rings is 3. The van der Waals surface area contributed by atoms with Crippen LogP contribution in [0, 0.1) is 5.92 Å². The van der Waals surface area contributed by atoms with Crippen LogP contribution in [-0.2, 0) is 20.7 Å². The molecule has 150 valence electrons. The molecule has 0 bridgehead atoms. The molecule has 0 saturated carbocycles. The molecule has 0 radical (unpaired) electrons. The van der Waals surface area contributed by atoms with E-state index in [-0.39, 0.29) is 12.5 Å². The number of nitrogens with one attached hydrogen (secondary N) is 1. The van der Waals surface area contributed by atoms with E-state index in [1.807, 2.05) is 105 Å². The molecule has 29 heavy (non-hydrogen) atoms. The van der Waals surface area contributed by atoms with Crippen molar-refractivity contribution in [3.63, 3.8) is 0 Å². The Labute approximate surface area is 172 Å². The van der Waals surface area contributed by atoms with Crippen molar-refractivity contribution in [2.24, 2.45) is 5.92 Å². The van der Waals surface area contributed by atoms with E-state index in [9.17, 15) is 9.36 Å². The molecule has 0 fully saturated rings. The molecule has 0 aromatic heterocycles. The molecular formula is C24H26NO3P. The summed E-state index contributed by atoms with van der Waals surface area (Å²) in [4.78, 5) is 12.9. The standard InChI is InChI=1S/C24H26NO3P/c1-19(2)23(24(26)28-18-20-12-6-3-7-13-20)25-29(27,21-14-8-4-9-15-21)22-16-10-5-11-17-22/h3-17,19,23H,18H2,1-2H3,(H,25,27)/t23-/m0/s1. The van der Waals surface area contributed by atoms with E-state index in [4.69, 9.17) is 4.74 Å². The number of hydrogen-bond acceptors (Lipinski definition) is 3. The zero-order valence-corrected chi connectivity index (χ0v) is 17.6. The van der Waals surface area contributed by atoms with Crippen molar-refractivity contribution in [3.05, 3.63) is 96.6 Å². The summed E-state index contributed by atoms with van der Waals surface area (Å²) in [5.41, 5.74) is 0.914. The number of carbonyl (C=O) groups is 1. The summed E-state index contributed by atoms with van der Waals surface area (Å²) in [6, 6.07) is 27.3. The quantitative estimate of drug-likeness (QED) is 0.448. The number of ether oxygens (including phenoxy) is 1. The first-order valence-corrected chi connectivity index (χ1v) is 11.4. The third-order valence-electron chi connectivity index (χ3n) is 4.71.